The molecular formula is C15H19BrIN3OS. The van der Waals surface area contributed by atoms with E-state index in [1.54, 1.807) is 18.4 Å². The van der Waals surface area contributed by atoms with Crippen LogP contribution in [0.25, 0.3) is 0 Å². The zero-order chi connectivity index (χ0) is 15.1. The first-order valence-corrected chi connectivity index (χ1v) is 8.18. The number of ether oxygens (including phenoxy) is 1. The first-order valence-electron chi connectivity index (χ1n) is 6.57. The van der Waals surface area contributed by atoms with Crippen molar-refractivity contribution in [3.8, 4) is 0 Å². The number of anilines is 1. The SMILES string of the molecule is COCc1ccccc1NC(N)=NCCc1ccc(Br)s1.I. The third kappa shape index (κ3) is 6.23. The van der Waals surface area contributed by atoms with Gasteiger partial charge in [-0.1, -0.05) is 18.2 Å². The minimum Gasteiger partial charge on any atom is -0.380 e. The molecule has 0 fully saturated rings. The Morgan fingerprint density at radius 3 is 2.77 bits per heavy atom. The standard InChI is InChI=1S/C15H18BrN3OS.HI/c1-20-10-11-4-2-3-5-13(11)19-15(17)18-9-8-12-6-7-14(16)21-12;/h2-7H,8-10H2,1H3,(H3,17,18,19);1H. The average Bonchev–Trinajstić information content (AvgIpc) is 2.87. The van der Waals surface area contributed by atoms with Gasteiger partial charge in [-0.2, -0.15) is 0 Å². The molecule has 0 atom stereocenters. The Kier molecular flexibility index (Phi) is 8.99. The summed E-state index contributed by atoms with van der Waals surface area (Å²) in [6.45, 7) is 1.21. The molecule has 0 radical (unpaired) electrons. The van der Waals surface area contributed by atoms with Gasteiger partial charge < -0.3 is 15.8 Å². The molecule has 0 spiro atoms. The topological polar surface area (TPSA) is 59.6 Å². The van der Waals surface area contributed by atoms with E-state index >= 15 is 0 Å². The Labute approximate surface area is 160 Å². The zero-order valence-electron chi connectivity index (χ0n) is 12.2. The highest BCUT2D eigenvalue weighted by atomic mass is 127. The van der Waals surface area contributed by atoms with Crippen molar-refractivity contribution in [2.75, 3.05) is 19.0 Å². The van der Waals surface area contributed by atoms with E-state index < -0.39 is 0 Å². The van der Waals surface area contributed by atoms with Crippen LogP contribution in [0.4, 0.5) is 5.69 Å². The molecule has 1 aromatic heterocycles. The number of benzene rings is 1. The molecular weight excluding hydrogens is 477 g/mol. The maximum Gasteiger partial charge on any atom is 0.193 e. The molecule has 1 heterocycles. The molecule has 1 aromatic carbocycles. The second kappa shape index (κ2) is 10.2. The largest absolute Gasteiger partial charge is 0.380 e. The summed E-state index contributed by atoms with van der Waals surface area (Å²) >= 11 is 5.18. The smallest absolute Gasteiger partial charge is 0.193 e. The van der Waals surface area contributed by atoms with Gasteiger partial charge in [0.25, 0.3) is 0 Å². The summed E-state index contributed by atoms with van der Waals surface area (Å²) in [5.41, 5.74) is 7.92. The third-order valence-corrected chi connectivity index (χ3v) is 4.53. The van der Waals surface area contributed by atoms with E-state index in [1.807, 2.05) is 30.3 Å². The normalized spacial score (nSPS) is 11.1. The van der Waals surface area contributed by atoms with Crippen molar-refractivity contribution in [1.82, 2.24) is 0 Å². The summed E-state index contributed by atoms with van der Waals surface area (Å²) in [7, 11) is 1.67. The van der Waals surface area contributed by atoms with E-state index in [0.717, 1.165) is 21.5 Å². The summed E-state index contributed by atoms with van der Waals surface area (Å²) in [6.07, 6.45) is 0.887. The molecule has 2 aromatic rings. The van der Waals surface area contributed by atoms with Crippen LogP contribution in [0.15, 0.2) is 45.2 Å². The number of halogens is 2. The Hall–Kier alpha value is -0.640. The Bertz CT molecular complexity index is 618. The van der Waals surface area contributed by atoms with Crippen molar-refractivity contribution in [3.63, 3.8) is 0 Å². The summed E-state index contributed by atoms with van der Waals surface area (Å²) in [4.78, 5) is 5.65. The first-order chi connectivity index (χ1) is 10.2. The van der Waals surface area contributed by atoms with Crippen LogP contribution in [0.1, 0.15) is 10.4 Å². The zero-order valence-corrected chi connectivity index (χ0v) is 16.9. The number of nitrogens with two attached hydrogens (primary N) is 1. The fourth-order valence-corrected chi connectivity index (χ4v) is 3.35. The van der Waals surface area contributed by atoms with Crippen molar-refractivity contribution in [1.29, 1.82) is 0 Å². The molecule has 0 bridgehead atoms. The van der Waals surface area contributed by atoms with E-state index in [9.17, 15) is 0 Å². The van der Waals surface area contributed by atoms with Crippen molar-refractivity contribution in [3.05, 3.63) is 50.6 Å². The molecule has 3 N–H and O–H groups in total. The van der Waals surface area contributed by atoms with Crippen LogP contribution in [-0.4, -0.2) is 19.6 Å². The molecule has 2 rings (SSSR count). The number of hydrogen-bond donors (Lipinski definition) is 2. The van der Waals surface area contributed by atoms with E-state index in [4.69, 9.17) is 10.5 Å². The van der Waals surface area contributed by atoms with Gasteiger partial charge in [-0.3, -0.25) is 4.99 Å². The molecule has 4 nitrogen and oxygen atoms in total. The first kappa shape index (κ1) is 19.4. The average molecular weight is 496 g/mol. The van der Waals surface area contributed by atoms with Crippen LogP contribution < -0.4 is 11.1 Å². The quantitative estimate of drug-likeness (QED) is 0.358. The fourth-order valence-electron chi connectivity index (χ4n) is 1.87. The molecule has 0 unspecified atom stereocenters. The number of hydrogen-bond acceptors (Lipinski definition) is 3. The predicted molar refractivity (Wildman–Crippen MR) is 108 cm³/mol. The molecule has 0 aliphatic carbocycles. The van der Waals surface area contributed by atoms with Gasteiger partial charge in [0.2, 0.25) is 0 Å². The van der Waals surface area contributed by atoms with E-state index in [2.05, 4.69) is 32.3 Å². The van der Waals surface area contributed by atoms with Crippen molar-refractivity contribution in [2.45, 2.75) is 13.0 Å². The van der Waals surface area contributed by atoms with Gasteiger partial charge in [0.1, 0.15) is 0 Å². The van der Waals surface area contributed by atoms with Gasteiger partial charge in [-0.15, -0.1) is 35.3 Å². The Morgan fingerprint density at radius 1 is 1.32 bits per heavy atom. The maximum absolute atomic E-state index is 5.93. The second-order valence-electron chi connectivity index (χ2n) is 4.44. The van der Waals surface area contributed by atoms with Gasteiger partial charge in [0.05, 0.1) is 10.4 Å². The monoisotopic (exact) mass is 495 g/mol. The van der Waals surface area contributed by atoms with Crippen LogP contribution >= 0.6 is 51.2 Å². The lowest BCUT2D eigenvalue weighted by molar-refractivity contribution is 0.185. The van der Waals surface area contributed by atoms with Crippen LogP contribution in [0.3, 0.4) is 0 Å². The highest BCUT2D eigenvalue weighted by molar-refractivity contribution is 14.0. The fraction of sp³-hybridized carbons (Fsp3) is 0.267. The van der Waals surface area contributed by atoms with Crippen LogP contribution in [-0.2, 0) is 17.8 Å². The number of rotatable bonds is 6. The number of thiophene rings is 1. The highest BCUT2D eigenvalue weighted by Crippen LogP contribution is 2.22. The van der Waals surface area contributed by atoms with Crippen LogP contribution in [0, 0.1) is 0 Å². The van der Waals surface area contributed by atoms with Crippen LogP contribution in [0.2, 0.25) is 0 Å². The maximum atomic E-state index is 5.93. The molecule has 0 amide bonds. The lowest BCUT2D eigenvalue weighted by Gasteiger charge is -2.10. The summed E-state index contributed by atoms with van der Waals surface area (Å²) in [5.74, 6) is 0.425. The number of methoxy groups -OCH3 is 1. The van der Waals surface area contributed by atoms with E-state index in [0.29, 0.717) is 19.1 Å². The molecule has 0 aliphatic rings. The Morgan fingerprint density at radius 2 is 2.09 bits per heavy atom. The van der Waals surface area contributed by atoms with Crippen molar-refractivity contribution < 1.29 is 4.74 Å². The third-order valence-electron chi connectivity index (χ3n) is 2.85. The van der Waals surface area contributed by atoms with Gasteiger partial charge in [-0.05, 0) is 34.1 Å². The number of guanidine groups is 1. The molecule has 22 heavy (non-hydrogen) atoms. The van der Waals surface area contributed by atoms with Gasteiger partial charge in [0, 0.05) is 36.2 Å². The second-order valence-corrected chi connectivity index (χ2v) is 6.99. The van der Waals surface area contributed by atoms with Gasteiger partial charge in [0.15, 0.2) is 5.96 Å². The lowest BCUT2D eigenvalue weighted by atomic mass is 10.2. The van der Waals surface area contributed by atoms with E-state index in [1.165, 1.54) is 4.88 Å². The van der Waals surface area contributed by atoms with Crippen LogP contribution in [0.5, 0.6) is 0 Å². The number of aliphatic imine (C=N–C) groups is 1. The predicted octanol–water partition coefficient (Wildman–Crippen LogP) is 4.24. The molecule has 120 valence electrons. The molecule has 0 saturated heterocycles. The number of para-hydroxylation sites is 1. The lowest BCUT2D eigenvalue weighted by Crippen LogP contribution is -2.23. The summed E-state index contributed by atoms with van der Waals surface area (Å²) < 4.78 is 6.31. The molecule has 0 aliphatic heterocycles. The summed E-state index contributed by atoms with van der Waals surface area (Å²) in [5, 5.41) is 3.13. The Balaban J connectivity index is 0.00000242. The minimum absolute atomic E-state index is 0. The molecule has 0 saturated carbocycles. The van der Waals surface area contributed by atoms with Crippen molar-refractivity contribution >= 4 is 62.9 Å². The number of nitrogens with one attached hydrogen (secondary N) is 1. The summed E-state index contributed by atoms with van der Waals surface area (Å²) in [6, 6.07) is 12.0. The highest BCUT2D eigenvalue weighted by Gasteiger charge is 2.02. The van der Waals surface area contributed by atoms with Gasteiger partial charge in [-0.25, -0.2) is 0 Å². The van der Waals surface area contributed by atoms with Gasteiger partial charge >= 0.3 is 0 Å². The van der Waals surface area contributed by atoms with Crippen molar-refractivity contribution in [2.24, 2.45) is 10.7 Å². The minimum atomic E-state index is 0. The molecule has 7 heteroatoms. The number of nitrogens with zero attached hydrogens (tertiary/aromatic N) is 1. The van der Waals surface area contributed by atoms with E-state index in [-0.39, 0.29) is 24.0 Å².